The van der Waals surface area contributed by atoms with E-state index in [-0.39, 0.29) is 17.5 Å². The monoisotopic (exact) mass is 379 g/mol. The van der Waals surface area contributed by atoms with Gasteiger partial charge in [0, 0.05) is 24.8 Å². The Bertz CT molecular complexity index is 861. The molecule has 1 heterocycles. The van der Waals surface area contributed by atoms with Crippen molar-refractivity contribution in [3.63, 3.8) is 0 Å². The van der Waals surface area contributed by atoms with E-state index in [0.717, 1.165) is 13.0 Å². The standard InChI is InChI=1S/C21H25N5O2/c1-15(27)23-17-8-5-9-18(14-17)24-21(28)19-10-11-20(26-25-19)22-13-12-16-6-3-2-4-7-16/h5-6,8-11,14H,2-4,7,12-13H2,1H3,(H,22,26)(H,23,27)(H,24,28). The molecule has 1 aliphatic carbocycles. The molecule has 146 valence electrons. The third kappa shape index (κ3) is 5.90. The van der Waals surface area contributed by atoms with Crippen molar-refractivity contribution in [2.45, 2.75) is 39.0 Å². The van der Waals surface area contributed by atoms with Crippen LogP contribution in [0.25, 0.3) is 0 Å². The van der Waals surface area contributed by atoms with Gasteiger partial charge in [-0.05, 0) is 62.4 Å². The Labute approximate surface area is 164 Å². The molecule has 3 N–H and O–H groups in total. The number of benzene rings is 1. The zero-order chi connectivity index (χ0) is 19.8. The number of allylic oxidation sites excluding steroid dienone is 1. The van der Waals surface area contributed by atoms with Crippen LogP contribution in [0, 0.1) is 0 Å². The number of carbonyl (C=O) groups is 2. The predicted molar refractivity (Wildman–Crippen MR) is 110 cm³/mol. The minimum absolute atomic E-state index is 0.169. The highest BCUT2D eigenvalue weighted by molar-refractivity contribution is 6.03. The van der Waals surface area contributed by atoms with Crippen molar-refractivity contribution in [2.75, 3.05) is 22.5 Å². The first-order valence-electron chi connectivity index (χ1n) is 9.55. The Morgan fingerprint density at radius 1 is 1.04 bits per heavy atom. The number of nitrogens with one attached hydrogen (secondary N) is 3. The first kappa shape index (κ1) is 19.5. The Hall–Kier alpha value is -3.22. The largest absolute Gasteiger partial charge is 0.368 e. The fraction of sp³-hybridized carbons (Fsp3) is 0.333. The van der Waals surface area contributed by atoms with Gasteiger partial charge >= 0.3 is 0 Å². The van der Waals surface area contributed by atoms with Crippen LogP contribution < -0.4 is 16.0 Å². The molecule has 1 aromatic carbocycles. The third-order valence-electron chi connectivity index (χ3n) is 4.48. The summed E-state index contributed by atoms with van der Waals surface area (Å²) in [6, 6.07) is 10.3. The Kier molecular flexibility index (Phi) is 6.73. The molecule has 0 atom stereocenters. The highest BCUT2D eigenvalue weighted by atomic mass is 16.2. The number of nitrogens with zero attached hydrogens (tertiary/aromatic N) is 2. The maximum absolute atomic E-state index is 12.4. The zero-order valence-corrected chi connectivity index (χ0v) is 16.0. The predicted octanol–water partition coefficient (Wildman–Crippen LogP) is 3.99. The van der Waals surface area contributed by atoms with E-state index >= 15 is 0 Å². The van der Waals surface area contributed by atoms with Gasteiger partial charge in [0.1, 0.15) is 5.82 Å². The zero-order valence-electron chi connectivity index (χ0n) is 16.0. The van der Waals surface area contributed by atoms with Gasteiger partial charge in [-0.15, -0.1) is 10.2 Å². The van der Waals surface area contributed by atoms with Gasteiger partial charge in [-0.1, -0.05) is 17.7 Å². The van der Waals surface area contributed by atoms with Crippen LogP contribution in [0.3, 0.4) is 0 Å². The fourth-order valence-electron chi connectivity index (χ4n) is 3.10. The number of hydrogen-bond donors (Lipinski definition) is 3. The van der Waals surface area contributed by atoms with E-state index < -0.39 is 0 Å². The van der Waals surface area contributed by atoms with E-state index in [1.807, 2.05) is 0 Å². The van der Waals surface area contributed by atoms with Crippen molar-refractivity contribution < 1.29 is 9.59 Å². The van der Waals surface area contributed by atoms with Gasteiger partial charge in [-0.2, -0.15) is 0 Å². The lowest BCUT2D eigenvalue weighted by Crippen LogP contribution is -2.15. The maximum Gasteiger partial charge on any atom is 0.276 e. The van der Waals surface area contributed by atoms with Gasteiger partial charge in [0.25, 0.3) is 5.91 Å². The highest BCUT2D eigenvalue weighted by Gasteiger charge is 2.10. The van der Waals surface area contributed by atoms with E-state index in [2.05, 4.69) is 32.2 Å². The molecule has 0 spiro atoms. The Morgan fingerprint density at radius 2 is 1.86 bits per heavy atom. The highest BCUT2D eigenvalue weighted by Crippen LogP contribution is 2.20. The molecule has 7 heteroatoms. The second-order valence-electron chi connectivity index (χ2n) is 6.80. The fourth-order valence-corrected chi connectivity index (χ4v) is 3.10. The minimum Gasteiger partial charge on any atom is -0.368 e. The summed E-state index contributed by atoms with van der Waals surface area (Å²) in [5.74, 6) is 0.129. The van der Waals surface area contributed by atoms with Crippen molar-refractivity contribution in [3.05, 3.63) is 53.7 Å². The summed E-state index contributed by atoms with van der Waals surface area (Å²) in [4.78, 5) is 23.5. The molecule has 2 amide bonds. The minimum atomic E-state index is -0.355. The number of carbonyl (C=O) groups excluding carboxylic acids is 2. The molecule has 0 saturated heterocycles. The summed E-state index contributed by atoms with van der Waals surface area (Å²) in [6.07, 6.45) is 8.30. The van der Waals surface area contributed by atoms with Crippen LogP contribution in [-0.4, -0.2) is 28.6 Å². The van der Waals surface area contributed by atoms with E-state index in [0.29, 0.717) is 17.2 Å². The number of amides is 2. The average Bonchev–Trinajstić information content (AvgIpc) is 2.69. The lowest BCUT2D eigenvalue weighted by molar-refractivity contribution is -0.114. The second-order valence-corrected chi connectivity index (χ2v) is 6.80. The number of aromatic nitrogens is 2. The maximum atomic E-state index is 12.4. The van der Waals surface area contributed by atoms with Crippen LogP contribution in [0.1, 0.15) is 49.5 Å². The summed E-state index contributed by atoms with van der Waals surface area (Å²) in [6.45, 7) is 2.24. The van der Waals surface area contributed by atoms with Gasteiger partial charge in [0.05, 0.1) is 0 Å². The second kappa shape index (κ2) is 9.64. The molecule has 28 heavy (non-hydrogen) atoms. The summed E-state index contributed by atoms with van der Waals surface area (Å²) < 4.78 is 0. The summed E-state index contributed by atoms with van der Waals surface area (Å²) in [7, 11) is 0. The van der Waals surface area contributed by atoms with Crippen LogP contribution >= 0.6 is 0 Å². The lowest BCUT2D eigenvalue weighted by Gasteiger charge is -2.13. The molecule has 0 radical (unpaired) electrons. The van der Waals surface area contributed by atoms with Crippen molar-refractivity contribution in [3.8, 4) is 0 Å². The lowest BCUT2D eigenvalue weighted by atomic mass is 9.97. The molecule has 0 saturated carbocycles. The molecule has 0 fully saturated rings. The van der Waals surface area contributed by atoms with Crippen molar-refractivity contribution in [1.29, 1.82) is 0 Å². The molecule has 1 aromatic heterocycles. The summed E-state index contributed by atoms with van der Waals surface area (Å²) >= 11 is 0. The molecule has 0 bridgehead atoms. The first-order chi connectivity index (χ1) is 13.6. The quantitative estimate of drug-likeness (QED) is 0.632. The third-order valence-corrected chi connectivity index (χ3v) is 4.48. The number of anilines is 3. The van der Waals surface area contributed by atoms with E-state index in [1.54, 1.807) is 36.4 Å². The van der Waals surface area contributed by atoms with Crippen LogP contribution in [0.5, 0.6) is 0 Å². The SMILES string of the molecule is CC(=O)Nc1cccc(NC(=O)c2ccc(NCCC3=CCCCC3)nn2)c1. The van der Waals surface area contributed by atoms with Crippen molar-refractivity contribution in [1.82, 2.24) is 10.2 Å². The van der Waals surface area contributed by atoms with Gasteiger partial charge < -0.3 is 16.0 Å². The summed E-state index contributed by atoms with van der Waals surface area (Å²) in [5, 5.41) is 16.8. The summed E-state index contributed by atoms with van der Waals surface area (Å²) in [5.41, 5.74) is 2.92. The smallest absolute Gasteiger partial charge is 0.276 e. The van der Waals surface area contributed by atoms with Crippen LogP contribution in [0.2, 0.25) is 0 Å². The molecule has 2 aromatic rings. The normalized spacial score (nSPS) is 13.4. The van der Waals surface area contributed by atoms with Gasteiger partial charge in [0.2, 0.25) is 5.91 Å². The van der Waals surface area contributed by atoms with Gasteiger partial charge in [-0.25, -0.2) is 0 Å². The van der Waals surface area contributed by atoms with E-state index in [1.165, 1.54) is 38.2 Å². The molecular weight excluding hydrogens is 354 g/mol. The first-order valence-corrected chi connectivity index (χ1v) is 9.55. The number of hydrogen-bond acceptors (Lipinski definition) is 5. The molecule has 0 unspecified atom stereocenters. The molecule has 3 rings (SSSR count). The molecule has 1 aliphatic rings. The topological polar surface area (TPSA) is 96.0 Å². The van der Waals surface area contributed by atoms with E-state index in [4.69, 9.17) is 0 Å². The van der Waals surface area contributed by atoms with Crippen LogP contribution in [0.4, 0.5) is 17.2 Å². The Balaban J connectivity index is 1.52. The molecular formula is C21H25N5O2. The molecule has 7 nitrogen and oxygen atoms in total. The Morgan fingerprint density at radius 3 is 2.54 bits per heavy atom. The molecule has 0 aliphatic heterocycles. The van der Waals surface area contributed by atoms with Crippen LogP contribution in [0.15, 0.2) is 48.0 Å². The van der Waals surface area contributed by atoms with Gasteiger partial charge in [0.15, 0.2) is 5.69 Å². The van der Waals surface area contributed by atoms with Crippen LogP contribution in [-0.2, 0) is 4.79 Å². The number of rotatable bonds is 7. The van der Waals surface area contributed by atoms with E-state index in [9.17, 15) is 9.59 Å². The van der Waals surface area contributed by atoms with Crippen molar-refractivity contribution in [2.24, 2.45) is 0 Å². The average molecular weight is 379 g/mol. The van der Waals surface area contributed by atoms with Crippen molar-refractivity contribution >= 4 is 29.0 Å². The van der Waals surface area contributed by atoms with Gasteiger partial charge in [-0.3, -0.25) is 9.59 Å².